The fourth-order valence-corrected chi connectivity index (χ4v) is 1.70. The van der Waals surface area contributed by atoms with E-state index in [4.69, 9.17) is 9.47 Å². The van der Waals surface area contributed by atoms with Crippen LogP contribution in [-0.4, -0.2) is 57.2 Å². The Balaban J connectivity index is 2.30. The maximum atomic E-state index is 11.8. The molecular weight excluding hydrogens is 340 g/mol. The zero-order valence-corrected chi connectivity index (χ0v) is 13.7. The van der Waals surface area contributed by atoms with Gasteiger partial charge in [-0.1, -0.05) is 15.9 Å². The second kappa shape index (κ2) is 9.36. The number of rotatable bonds is 8. The number of nitrogens with one attached hydrogen (secondary N) is 1. The third kappa shape index (κ3) is 7.10. The highest BCUT2D eigenvalue weighted by atomic mass is 79.9. The SMILES string of the molecule is COCCNC(=O)CN(C)C(=O)COc1ccc(Br)cc1. The number of benzene rings is 1. The zero-order valence-electron chi connectivity index (χ0n) is 12.1. The van der Waals surface area contributed by atoms with E-state index in [1.54, 1.807) is 26.3 Å². The van der Waals surface area contributed by atoms with Crippen molar-refractivity contribution in [3.05, 3.63) is 28.7 Å². The molecule has 1 aromatic carbocycles. The van der Waals surface area contributed by atoms with Crippen molar-refractivity contribution in [2.75, 3.05) is 40.5 Å². The smallest absolute Gasteiger partial charge is 0.260 e. The van der Waals surface area contributed by atoms with E-state index in [9.17, 15) is 9.59 Å². The summed E-state index contributed by atoms with van der Waals surface area (Å²) >= 11 is 3.32. The fraction of sp³-hybridized carbons (Fsp3) is 0.429. The Bertz CT molecular complexity index is 465. The summed E-state index contributed by atoms with van der Waals surface area (Å²) in [4.78, 5) is 24.7. The highest BCUT2D eigenvalue weighted by Crippen LogP contribution is 2.15. The Morgan fingerprint density at radius 1 is 1.29 bits per heavy atom. The molecule has 1 aromatic rings. The predicted octanol–water partition coefficient (Wildman–Crippen LogP) is 1.05. The minimum Gasteiger partial charge on any atom is -0.484 e. The maximum absolute atomic E-state index is 11.8. The fourth-order valence-electron chi connectivity index (χ4n) is 1.44. The number of hydrogen-bond donors (Lipinski definition) is 1. The standard InChI is InChI=1S/C14H19BrN2O4/c1-17(9-13(18)16-7-8-20-2)14(19)10-21-12-5-3-11(15)4-6-12/h3-6H,7-10H2,1-2H3,(H,16,18). The second-order valence-electron chi connectivity index (χ2n) is 4.34. The molecule has 21 heavy (non-hydrogen) atoms. The van der Waals surface area contributed by atoms with Crippen molar-refractivity contribution < 1.29 is 19.1 Å². The summed E-state index contributed by atoms with van der Waals surface area (Å²) in [6.07, 6.45) is 0. The van der Waals surface area contributed by atoms with Crippen molar-refractivity contribution in [2.45, 2.75) is 0 Å². The second-order valence-corrected chi connectivity index (χ2v) is 5.25. The van der Waals surface area contributed by atoms with Gasteiger partial charge in [0.05, 0.1) is 13.2 Å². The molecule has 0 bridgehead atoms. The van der Waals surface area contributed by atoms with Crippen molar-refractivity contribution in [3.63, 3.8) is 0 Å². The van der Waals surface area contributed by atoms with Gasteiger partial charge in [0.1, 0.15) is 5.75 Å². The lowest BCUT2D eigenvalue weighted by Gasteiger charge is -2.17. The predicted molar refractivity (Wildman–Crippen MR) is 82.2 cm³/mol. The summed E-state index contributed by atoms with van der Waals surface area (Å²) in [6, 6.07) is 7.17. The van der Waals surface area contributed by atoms with Crippen molar-refractivity contribution in [3.8, 4) is 5.75 Å². The molecule has 7 heteroatoms. The summed E-state index contributed by atoms with van der Waals surface area (Å²) in [5.74, 6) is 0.107. The molecule has 0 saturated carbocycles. The van der Waals surface area contributed by atoms with Gasteiger partial charge in [-0.25, -0.2) is 0 Å². The molecule has 1 rings (SSSR count). The molecule has 0 heterocycles. The molecule has 1 N–H and O–H groups in total. The normalized spacial score (nSPS) is 10.0. The monoisotopic (exact) mass is 358 g/mol. The van der Waals surface area contributed by atoms with E-state index in [0.717, 1.165) is 4.47 Å². The Kier molecular flexibility index (Phi) is 7.78. The Labute approximate surface area is 132 Å². The first-order valence-electron chi connectivity index (χ1n) is 6.41. The van der Waals surface area contributed by atoms with Gasteiger partial charge in [0.2, 0.25) is 5.91 Å². The molecule has 0 atom stereocenters. The van der Waals surface area contributed by atoms with E-state index < -0.39 is 0 Å². The van der Waals surface area contributed by atoms with Crippen LogP contribution < -0.4 is 10.1 Å². The third-order valence-corrected chi connectivity index (χ3v) is 3.14. The van der Waals surface area contributed by atoms with Gasteiger partial charge in [0.25, 0.3) is 5.91 Å². The first-order chi connectivity index (χ1) is 10.0. The van der Waals surface area contributed by atoms with Crippen LogP contribution >= 0.6 is 15.9 Å². The number of likely N-dealkylation sites (N-methyl/N-ethyl adjacent to an activating group) is 1. The number of methoxy groups -OCH3 is 1. The molecule has 0 radical (unpaired) electrons. The third-order valence-electron chi connectivity index (χ3n) is 2.61. The Hall–Kier alpha value is -1.60. The average molecular weight is 359 g/mol. The molecule has 6 nitrogen and oxygen atoms in total. The zero-order chi connectivity index (χ0) is 15.7. The lowest BCUT2D eigenvalue weighted by Crippen LogP contribution is -2.41. The summed E-state index contributed by atoms with van der Waals surface area (Å²) in [5.41, 5.74) is 0. The lowest BCUT2D eigenvalue weighted by atomic mass is 10.3. The summed E-state index contributed by atoms with van der Waals surface area (Å²) in [5, 5.41) is 2.65. The minimum absolute atomic E-state index is 0.00769. The molecule has 0 aliphatic heterocycles. The van der Waals surface area contributed by atoms with Gasteiger partial charge in [-0.3, -0.25) is 9.59 Å². The number of hydrogen-bond acceptors (Lipinski definition) is 4. The van der Waals surface area contributed by atoms with E-state index in [1.165, 1.54) is 4.90 Å². The van der Waals surface area contributed by atoms with Crippen molar-refractivity contribution in [1.29, 1.82) is 0 Å². The molecule has 116 valence electrons. The maximum Gasteiger partial charge on any atom is 0.260 e. The largest absolute Gasteiger partial charge is 0.484 e. The van der Waals surface area contributed by atoms with E-state index in [2.05, 4.69) is 21.2 Å². The Morgan fingerprint density at radius 3 is 2.57 bits per heavy atom. The van der Waals surface area contributed by atoms with Gasteiger partial charge in [0.15, 0.2) is 6.61 Å². The topological polar surface area (TPSA) is 67.9 Å². The first kappa shape index (κ1) is 17.5. The number of nitrogens with zero attached hydrogens (tertiary/aromatic N) is 1. The minimum atomic E-state index is -0.264. The molecule has 2 amide bonds. The van der Waals surface area contributed by atoms with Crippen molar-refractivity contribution >= 4 is 27.7 Å². The summed E-state index contributed by atoms with van der Waals surface area (Å²) in [7, 11) is 3.12. The lowest BCUT2D eigenvalue weighted by molar-refractivity contribution is -0.136. The molecule has 0 aliphatic rings. The van der Waals surface area contributed by atoms with Crippen LogP contribution in [0.25, 0.3) is 0 Å². The van der Waals surface area contributed by atoms with Crippen LogP contribution in [0.5, 0.6) is 5.75 Å². The highest BCUT2D eigenvalue weighted by molar-refractivity contribution is 9.10. The molecular formula is C14H19BrN2O4. The van der Waals surface area contributed by atoms with Gasteiger partial charge in [-0.15, -0.1) is 0 Å². The molecule has 0 unspecified atom stereocenters. The van der Waals surface area contributed by atoms with Crippen molar-refractivity contribution in [2.24, 2.45) is 0 Å². The number of ether oxygens (including phenoxy) is 2. The number of amides is 2. The van der Waals surface area contributed by atoms with Crippen LogP contribution in [0.15, 0.2) is 28.7 Å². The van der Waals surface area contributed by atoms with Gasteiger partial charge in [-0.2, -0.15) is 0 Å². The van der Waals surface area contributed by atoms with E-state index in [-0.39, 0.29) is 25.0 Å². The first-order valence-corrected chi connectivity index (χ1v) is 7.20. The van der Waals surface area contributed by atoms with E-state index >= 15 is 0 Å². The van der Waals surface area contributed by atoms with Crippen LogP contribution in [0.4, 0.5) is 0 Å². The highest BCUT2D eigenvalue weighted by Gasteiger charge is 2.13. The van der Waals surface area contributed by atoms with Crippen molar-refractivity contribution in [1.82, 2.24) is 10.2 Å². The summed E-state index contributed by atoms with van der Waals surface area (Å²) in [6.45, 7) is 0.749. The number of carbonyl (C=O) groups excluding carboxylic acids is 2. The van der Waals surface area contributed by atoms with Crippen LogP contribution in [0.2, 0.25) is 0 Å². The summed E-state index contributed by atoms with van der Waals surface area (Å²) < 4.78 is 11.1. The number of carbonyl (C=O) groups is 2. The quantitative estimate of drug-likeness (QED) is 0.705. The van der Waals surface area contributed by atoms with Crippen LogP contribution in [0, 0.1) is 0 Å². The Morgan fingerprint density at radius 2 is 1.95 bits per heavy atom. The average Bonchev–Trinajstić information content (AvgIpc) is 2.46. The van der Waals surface area contributed by atoms with Gasteiger partial charge < -0.3 is 19.7 Å². The van der Waals surface area contributed by atoms with Gasteiger partial charge in [-0.05, 0) is 24.3 Å². The van der Waals surface area contributed by atoms with Crippen LogP contribution in [0.1, 0.15) is 0 Å². The van der Waals surface area contributed by atoms with Gasteiger partial charge >= 0.3 is 0 Å². The van der Waals surface area contributed by atoms with Crippen LogP contribution in [-0.2, 0) is 14.3 Å². The molecule has 0 spiro atoms. The van der Waals surface area contributed by atoms with E-state index in [1.807, 2.05) is 12.1 Å². The van der Waals surface area contributed by atoms with E-state index in [0.29, 0.717) is 18.9 Å². The van der Waals surface area contributed by atoms with Crippen LogP contribution in [0.3, 0.4) is 0 Å². The molecule has 0 saturated heterocycles. The molecule has 0 fully saturated rings. The molecule has 0 aliphatic carbocycles. The molecule has 0 aromatic heterocycles. The number of halogens is 1. The van der Waals surface area contributed by atoms with Gasteiger partial charge in [0, 0.05) is 25.2 Å².